The monoisotopic (exact) mass is 476 g/mol. The van der Waals surface area contributed by atoms with E-state index >= 15 is 0 Å². The Hall–Kier alpha value is -2.74. The second-order valence-corrected chi connectivity index (χ2v) is 8.98. The lowest BCUT2D eigenvalue weighted by atomic mass is 9.95. The van der Waals surface area contributed by atoms with Gasteiger partial charge in [0, 0.05) is 10.4 Å². The smallest absolute Gasteiger partial charge is 0.301 e. The lowest BCUT2D eigenvalue weighted by Gasteiger charge is -2.23. The molecule has 0 spiro atoms. The number of hydrogen-bond acceptors (Lipinski definition) is 5. The molecule has 158 valence electrons. The van der Waals surface area contributed by atoms with Crippen LogP contribution in [0.5, 0.6) is 0 Å². The van der Waals surface area contributed by atoms with Crippen LogP contribution in [0.25, 0.3) is 5.76 Å². The van der Waals surface area contributed by atoms with Crippen LogP contribution >= 0.6 is 34.5 Å². The number of aliphatic hydroxyl groups excluding tert-OH is 1. The van der Waals surface area contributed by atoms with Gasteiger partial charge in [-0.3, -0.25) is 14.5 Å². The molecular weight excluding hydrogens is 462 g/mol. The summed E-state index contributed by atoms with van der Waals surface area (Å²) in [6, 6.07) is 8.73. The van der Waals surface area contributed by atoms with E-state index in [0.29, 0.717) is 15.7 Å². The minimum Gasteiger partial charge on any atom is -0.507 e. The maximum Gasteiger partial charge on any atom is 0.301 e. The van der Waals surface area contributed by atoms with Gasteiger partial charge >= 0.3 is 5.91 Å². The highest BCUT2D eigenvalue weighted by molar-refractivity contribution is 7.16. The molecule has 1 aliphatic rings. The molecule has 2 aromatic carbocycles. The molecule has 1 aliphatic heterocycles. The molecule has 1 fully saturated rings. The molecule has 4 rings (SSSR count). The van der Waals surface area contributed by atoms with Gasteiger partial charge in [-0.2, -0.15) is 0 Å². The Kier molecular flexibility index (Phi) is 5.60. The van der Waals surface area contributed by atoms with Crippen LogP contribution in [-0.4, -0.2) is 21.8 Å². The molecular formula is C22H15Cl2FN2O3S. The van der Waals surface area contributed by atoms with Gasteiger partial charge in [-0.1, -0.05) is 29.3 Å². The van der Waals surface area contributed by atoms with Crippen molar-refractivity contribution in [1.29, 1.82) is 0 Å². The molecule has 0 bridgehead atoms. The standard InChI is InChI=1S/C22H15Cl2FN2O3S/c1-10-11(2)31-22(26-10)27-18(13-5-8-15(23)16(24)9-13)17(20(29)21(27)30)19(28)12-3-6-14(25)7-4-12/h3-9,18,28H,1-2H3/b19-17+/t18-/m1/s1. The third-order valence-corrected chi connectivity index (χ3v) is 6.86. The minimum atomic E-state index is -0.982. The number of carbonyl (C=O) groups excluding carboxylic acids is 2. The summed E-state index contributed by atoms with van der Waals surface area (Å²) >= 11 is 13.5. The highest BCUT2D eigenvalue weighted by atomic mass is 35.5. The molecule has 1 saturated heterocycles. The second-order valence-electron chi connectivity index (χ2n) is 6.99. The van der Waals surface area contributed by atoms with Crippen molar-refractivity contribution in [2.45, 2.75) is 19.9 Å². The molecule has 9 heteroatoms. The zero-order valence-corrected chi connectivity index (χ0v) is 18.6. The van der Waals surface area contributed by atoms with Crippen LogP contribution in [0.1, 0.15) is 27.7 Å². The highest BCUT2D eigenvalue weighted by Gasteiger charge is 2.48. The molecule has 5 nitrogen and oxygen atoms in total. The van der Waals surface area contributed by atoms with E-state index in [2.05, 4.69) is 4.98 Å². The van der Waals surface area contributed by atoms with E-state index in [1.165, 1.54) is 28.4 Å². The van der Waals surface area contributed by atoms with E-state index in [4.69, 9.17) is 23.2 Å². The molecule has 1 aromatic heterocycles. The number of aryl methyl sites for hydroxylation is 2. The fraction of sp³-hybridized carbons (Fsp3) is 0.136. The van der Waals surface area contributed by atoms with Crippen molar-refractivity contribution in [3.63, 3.8) is 0 Å². The van der Waals surface area contributed by atoms with Gasteiger partial charge in [0.1, 0.15) is 11.6 Å². The van der Waals surface area contributed by atoms with Gasteiger partial charge in [-0.25, -0.2) is 9.37 Å². The summed E-state index contributed by atoms with van der Waals surface area (Å²) in [7, 11) is 0. The maximum absolute atomic E-state index is 13.4. The molecule has 1 amide bonds. The number of nitrogens with zero attached hydrogens (tertiary/aromatic N) is 2. The molecule has 3 aromatic rings. The maximum atomic E-state index is 13.4. The Bertz CT molecular complexity index is 1230. The molecule has 2 heterocycles. The van der Waals surface area contributed by atoms with Crippen LogP contribution < -0.4 is 4.90 Å². The predicted octanol–water partition coefficient (Wildman–Crippen LogP) is 5.83. The van der Waals surface area contributed by atoms with Gasteiger partial charge < -0.3 is 5.11 Å². The average Bonchev–Trinajstić information content (AvgIpc) is 3.20. The molecule has 1 atom stereocenters. The highest BCUT2D eigenvalue weighted by Crippen LogP contribution is 2.44. The van der Waals surface area contributed by atoms with Crippen molar-refractivity contribution in [1.82, 2.24) is 4.98 Å². The zero-order valence-electron chi connectivity index (χ0n) is 16.3. The first kappa shape index (κ1) is 21.5. The second kappa shape index (κ2) is 8.07. The third-order valence-electron chi connectivity index (χ3n) is 5.04. The first-order chi connectivity index (χ1) is 14.7. The molecule has 0 unspecified atom stereocenters. The molecule has 31 heavy (non-hydrogen) atoms. The van der Waals surface area contributed by atoms with Crippen molar-refractivity contribution < 1.29 is 19.1 Å². The van der Waals surface area contributed by atoms with Gasteiger partial charge in [0.25, 0.3) is 5.78 Å². The van der Waals surface area contributed by atoms with Crippen LogP contribution in [0.2, 0.25) is 10.0 Å². The molecule has 1 N–H and O–H groups in total. The number of Topliss-reactive ketones (excluding diaryl/α,β-unsaturated/α-hetero) is 1. The topological polar surface area (TPSA) is 70.5 Å². The summed E-state index contributed by atoms with van der Waals surface area (Å²) in [6.45, 7) is 3.67. The number of thiazole rings is 1. The Morgan fingerprint density at radius 2 is 1.77 bits per heavy atom. The Morgan fingerprint density at radius 3 is 2.35 bits per heavy atom. The van der Waals surface area contributed by atoms with Crippen molar-refractivity contribution >= 4 is 57.1 Å². The average molecular weight is 477 g/mol. The van der Waals surface area contributed by atoms with Gasteiger partial charge in [-0.15, -0.1) is 11.3 Å². The van der Waals surface area contributed by atoms with Gasteiger partial charge in [0.05, 0.1) is 27.4 Å². The summed E-state index contributed by atoms with van der Waals surface area (Å²) in [6.07, 6.45) is 0. The number of hydrogen-bond donors (Lipinski definition) is 1. The first-order valence-electron chi connectivity index (χ1n) is 9.15. The van der Waals surface area contributed by atoms with Gasteiger partial charge in [0.15, 0.2) is 5.13 Å². The summed E-state index contributed by atoms with van der Waals surface area (Å²) in [5, 5.41) is 11.8. The van der Waals surface area contributed by atoms with Crippen molar-refractivity contribution in [2.75, 3.05) is 4.90 Å². The quantitative estimate of drug-likeness (QED) is 0.293. The van der Waals surface area contributed by atoms with Gasteiger partial charge in [0.2, 0.25) is 0 Å². The van der Waals surface area contributed by atoms with E-state index in [-0.39, 0.29) is 16.2 Å². The van der Waals surface area contributed by atoms with Gasteiger partial charge in [-0.05, 0) is 55.8 Å². The fourth-order valence-electron chi connectivity index (χ4n) is 3.35. The van der Waals surface area contributed by atoms with Crippen molar-refractivity contribution in [3.8, 4) is 0 Å². The SMILES string of the molecule is Cc1nc(N2C(=O)C(=O)/C(=C(/O)c3ccc(F)cc3)[C@H]2c2ccc(Cl)c(Cl)c2)sc1C. The molecule has 0 aliphatic carbocycles. The van der Waals surface area contributed by atoms with E-state index < -0.39 is 29.3 Å². The number of amides is 1. The summed E-state index contributed by atoms with van der Waals surface area (Å²) in [5.41, 5.74) is 1.27. The lowest BCUT2D eigenvalue weighted by molar-refractivity contribution is -0.132. The number of aromatic nitrogens is 1. The Labute approximate surface area is 191 Å². The van der Waals surface area contributed by atoms with E-state index in [9.17, 15) is 19.1 Å². The fourth-order valence-corrected chi connectivity index (χ4v) is 4.59. The normalized spacial score (nSPS) is 18.1. The third kappa shape index (κ3) is 3.73. The number of benzene rings is 2. The van der Waals surface area contributed by atoms with E-state index in [1.807, 2.05) is 6.92 Å². The zero-order chi connectivity index (χ0) is 22.4. The number of aliphatic hydroxyl groups is 1. The van der Waals surface area contributed by atoms with E-state index in [1.54, 1.807) is 25.1 Å². The van der Waals surface area contributed by atoms with Crippen molar-refractivity contribution in [3.05, 3.63) is 85.6 Å². The number of ketones is 1. The number of rotatable bonds is 3. The number of anilines is 1. The summed E-state index contributed by atoms with van der Waals surface area (Å²) in [4.78, 5) is 32.6. The summed E-state index contributed by atoms with van der Waals surface area (Å²) in [5.74, 6) is -2.61. The summed E-state index contributed by atoms with van der Waals surface area (Å²) < 4.78 is 13.4. The predicted molar refractivity (Wildman–Crippen MR) is 119 cm³/mol. The first-order valence-corrected chi connectivity index (χ1v) is 10.7. The number of carbonyl (C=O) groups is 2. The Balaban J connectivity index is 1.97. The van der Waals surface area contributed by atoms with Crippen LogP contribution in [-0.2, 0) is 9.59 Å². The largest absolute Gasteiger partial charge is 0.507 e. The van der Waals surface area contributed by atoms with Crippen LogP contribution in [0.4, 0.5) is 9.52 Å². The number of halogens is 3. The minimum absolute atomic E-state index is 0.138. The van der Waals surface area contributed by atoms with Crippen LogP contribution in [0, 0.1) is 19.7 Å². The van der Waals surface area contributed by atoms with Crippen LogP contribution in [0.15, 0.2) is 48.0 Å². The molecule has 0 saturated carbocycles. The Morgan fingerprint density at radius 1 is 1.10 bits per heavy atom. The van der Waals surface area contributed by atoms with Crippen molar-refractivity contribution in [2.24, 2.45) is 0 Å². The van der Waals surface area contributed by atoms with Crippen LogP contribution in [0.3, 0.4) is 0 Å². The van der Waals surface area contributed by atoms with E-state index in [0.717, 1.165) is 22.7 Å². The molecule has 0 radical (unpaired) electrons. The lowest BCUT2D eigenvalue weighted by Crippen LogP contribution is -2.29.